The van der Waals surface area contributed by atoms with Crippen LogP contribution in [0.3, 0.4) is 0 Å². The zero-order chi connectivity index (χ0) is 16.2. The Labute approximate surface area is 126 Å². The van der Waals surface area contributed by atoms with E-state index in [1.807, 2.05) is 20.8 Å². The van der Waals surface area contributed by atoms with Gasteiger partial charge in [0.2, 0.25) is 0 Å². The largest absolute Gasteiger partial charge is 0.478 e. The zero-order valence-electron chi connectivity index (χ0n) is 13.3. The molecule has 1 rings (SSSR count). The summed E-state index contributed by atoms with van der Waals surface area (Å²) in [7, 11) is 0. The van der Waals surface area contributed by atoms with Gasteiger partial charge in [0, 0.05) is 12.0 Å². The van der Waals surface area contributed by atoms with Gasteiger partial charge in [-0.2, -0.15) is 0 Å². The van der Waals surface area contributed by atoms with Crippen molar-refractivity contribution in [1.29, 1.82) is 0 Å². The van der Waals surface area contributed by atoms with Crippen LogP contribution in [0.1, 0.15) is 79.7 Å². The van der Waals surface area contributed by atoms with E-state index in [2.05, 4.69) is 6.92 Å². The highest BCUT2D eigenvalue weighted by atomic mass is 16.4. The lowest BCUT2D eigenvalue weighted by atomic mass is 9.80. The van der Waals surface area contributed by atoms with Crippen molar-refractivity contribution in [3.63, 3.8) is 0 Å². The molecule has 0 aliphatic rings. The summed E-state index contributed by atoms with van der Waals surface area (Å²) < 4.78 is 0. The number of carboxylic acid groups (broad SMARTS) is 1. The van der Waals surface area contributed by atoms with Gasteiger partial charge in [0.15, 0.2) is 5.78 Å². The number of benzene rings is 1. The van der Waals surface area contributed by atoms with Crippen LogP contribution >= 0.6 is 0 Å². The summed E-state index contributed by atoms with van der Waals surface area (Å²) in [5.41, 5.74) is 7.02. The van der Waals surface area contributed by atoms with Gasteiger partial charge in [-0.3, -0.25) is 4.79 Å². The molecule has 4 heteroatoms. The number of nitrogens with two attached hydrogens (primary N) is 1. The van der Waals surface area contributed by atoms with Crippen LogP contribution in [0.2, 0.25) is 0 Å². The summed E-state index contributed by atoms with van der Waals surface area (Å²) in [6.07, 6.45) is 3.22. The Morgan fingerprint density at radius 2 is 1.81 bits per heavy atom. The molecule has 116 valence electrons. The van der Waals surface area contributed by atoms with Gasteiger partial charge in [0.1, 0.15) is 0 Å². The molecule has 0 fully saturated rings. The van der Waals surface area contributed by atoms with Gasteiger partial charge in [-0.15, -0.1) is 0 Å². The first-order valence-corrected chi connectivity index (χ1v) is 7.39. The van der Waals surface area contributed by atoms with Crippen molar-refractivity contribution in [1.82, 2.24) is 0 Å². The lowest BCUT2D eigenvalue weighted by Gasteiger charge is -2.24. The Morgan fingerprint density at radius 3 is 2.29 bits per heavy atom. The van der Waals surface area contributed by atoms with Crippen molar-refractivity contribution in [2.45, 2.75) is 58.8 Å². The molecule has 1 aromatic rings. The fourth-order valence-electron chi connectivity index (χ4n) is 2.39. The minimum absolute atomic E-state index is 0.00171. The number of Topliss-reactive ketones (excluding diaryl/α,β-unsaturated/α-hetero) is 1. The third-order valence-electron chi connectivity index (χ3n) is 3.57. The summed E-state index contributed by atoms with van der Waals surface area (Å²) in [6, 6.07) is 3.20. The molecular formula is C17H25NO3. The summed E-state index contributed by atoms with van der Waals surface area (Å²) in [5, 5.41) is 9.19. The molecule has 0 radical (unpaired) electrons. The van der Waals surface area contributed by atoms with Gasteiger partial charge >= 0.3 is 5.97 Å². The van der Waals surface area contributed by atoms with Crippen LogP contribution in [0, 0.1) is 0 Å². The maximum absolute atomic E-state index is 12.5. The number of carboxylic acids is 1. The fourth-order valence-corrected chi connectivity index (χ4v) is 2.39. The Balaban J connectivity index is 3.33. The standard InChI is InChI=1S/C17H25NO3/c1-5-6-7-8-13(19)14-12(17(2,3)4)10-9-11(15(14)18)16(20)21/h9-10H,5-8,18H2,1-4H3,(H,20,21). The Morgan fingerprint density at radius 1 is 1.19 bits per heavy atom. The van der Waals surface area contributed by atoms with Crippen LogP contribution in [0.5, 0.6) is 0 Å². The first-order valence-electron chi connectivity index (χ1n) is 7.39. The van der Waals surface area contributed by atoms with Crippen molar-refractivity contribution in [3.05, 3.63) is 28.8 Å². The molecule has 1 aromatic carbocycles. The summed E-state index contributed by atoms with van der Waals surface area (Å²) in [4.78, 5) is 23.7. The molecule has 0 aliphatic carbocycles. The molecule has 0 atom stereocenters. The molecule has 4 nitrogen and oxygen atoms in total. The molecule has 0 aliphatic heterocycles. The van der Waals surface area contributed by atoms with Gasteiger partial charge in [-0.05, 0) is 23.5 Å². The van der Waals surface area contributed by atoms with Gasteiger partial charge < -0.3 is 10.8 Å². The van der Waals surface area contributed by atoms with Gasteiger partial charge in [-0.1, -0.05) is 46.6 Å². The maximum Gasteiger partial charge on any atom is 0.337 e. The number of anilines is 1. The topological polar surface area (TPSA) is 80.4 Å². The zero-order valence-corrected chi connectivity index (χ0v) is 13.3. The number of hydrogen-bond acceptors (Lipinski definition) is 3. The molecule has 0 aromatic heterocycles. The predicted octanol–water partition coefficient (Wildman–Crippen LogP) is 4.03. The highest BCUT2D eigenvalue weighted by Crippen LogP contribution is 2.32. The average molecular weight is 291 g/mol. The molecule has 0 heterocycles. The van der Waals surface area contributed by atoms with Crippen molar-refractivity contribution in [2.75, 3.05) is 5.73 Å². The molecular weight excluding hydrogens is 266 g/mol. The van der Waals surface area contributed by atoms with E-state index in [9.17, 15) is 14.7 Å². The van der Waals surface area contributed by atoms with E-state index in [-0.39, 0.29) is 22.4 Å². The van der Waals surface area contributed by atoms with E-state index in [4.69, 9.17) is 5.73 Å². The highest BCUT2D eigenvalue weighted by Gasteiger charge is 2.26. The van der Waals surface area contributed by atoms with Crippen LogP contribution in [-0.2, 0) is 5.41 Å². The fraction of sp³-hybridized carbons (Fsp3) is 0.529. The minimum Gasteiger partial charge on any atom is -0.478 e. The van der Waals surface area contributed by atoms with Gasteiger partial charge in [-0.25, -0.2) is 4.79 Å². The van der Waals surface area contributed by atoms with E-state index in [0.717, 1.165) is 24.8 Å². The molecule has 0 amide bonds. The first-order chi connectivity index (χ1) is 9.70. The normalized spacial score (nSPS) is 11.4. The van der Waals surface area contributed by atoms with Crippen molar-refractivity contribution >= 4 is 17.4 Å². The number of carbonyl (C=O) groups is 2. The lowest BCUT2D eigenvalue weighted by molar-refractivity contribution is 0.0698. The van der Waals surface area contributed by atoms with Gasteiger partial charge in [0.05, 0.1) is 11.3 Å². The SMILES string of the molecule is CCCCCC(=O)c1c(C(C)(C)C)ccc(C(=O)O)c1N. The lowest BCUT2D eigenvalue weighted by Crippen LogP contribution is -2.20. The van der Waals surface area contributed by atoms with Crippen molar-refractivity contribution in [2.24, 2.45) is 0 Å². The molecule has 0 saturated heterocycles. The van der Waals surface area contributed by atoms with Crippen LogP contribution in [0.4, 0.5) is 5.69 Å². The number of unbranched alkanes of at least 4 members (excludes halogenated alkanes) is 2. The van der Waals surface area contributed by atoms with E-state index in [1.165, 1.54) is 6.07 Å². The number of nitrogen functional groups attached to an aromatic ring is 1. The quantitative estimate of drug-likeness (QED) is 0.471. The van der Waals surface area contributed by atoms with E-state index < -0.39 is 5.97 Å². The molecule has 0 spiro atoms. The monoisotopic (exact) mass is 291 g/mol. The van der Waals surface area contributed by atoms with Crippen molar-refractivity contribution < 1.29 is 14.7 Å². The van der Waals surface area contributed by atoms with E-state index in [0.29, 0.717) is 12.0 Å². The molecule has 0 saturated carbocycles. The number of aromatic carboxylic acids is 1. The third kappa shape index (κ3) is 4.06. The second-order valence-corrected chi connectivity index (χ2v) is 6.38. The summed E-state index contributed by atoms with van der Waals surface area (Å²) >= 11 is 0. The minimum atomic E-state index is -1.10. The molecule has 3 N–H and O–H groups in total. The molecule has 0 unspecified atom stereocenters. The third-order valence-corrected chi connectivity index (χ3v) is 3.57. The van der Waals surface area contributed by atoms with Crippen LogP contribution in [0.25, 0.3) is 0 Å². The van der Waals surface area contributed by atoms with E-state index in [1.54, 1.807) is 6.07 Å². The van der Waals surface area contributed by atoms with Gasteiger partial charge in [0.25, 0.3) is 0 Å². The highest BCUT2D eigenvalue weighted by molar-refractivity contribution is 6.07. The Kier molecular flexibility index (Phi) is 5.53. The smallest absolute Gasteiger partial charge is 0.337 e. The Hall–Kier alpha value is -1.84. The van der Waals surface area contributed by atoms with E-state index >= 15 is 0 Å². The number of ketones is 1. The number of hydrogen-bond donors (Lipinski definition) is 2. The Bertz CT molecular complexity index is 542. The summed E-state index contributed by atoms with van der Waals surface area (Å²) in [6.45, 7) is 8.05. The van der Waals surface area contributed by atoms with Crippen LogP contribution < -0.4 is 5.73 Å². The maximum atomic E-state index is 12.5. The second-order valence-electron chi connectivity index (χ2n) is 6.38. The average Bonchev–Trinajstić information content (AvgIpc) is 2.36. The number of rotatable bonds is 6. The van der Waals surface area contributed by atoms with Crippen LogP contribution in [0.15, 0.2) is 12.1 Å². The molecule has 21 heavy (non-hydrogen) atoms. The first kappa shape index (κ1) is 17.2. The summed E-state index contributed by atoms with van der Waals surface area (Å²) in [5.74, 6) is -1.16. The molecule has 0 bridgehead atoms. The number of carbonyl (C=O) groups excluding carboxylic acids is 1. The van der Waals surface area contributed by atoms with Crippen molar-refractivity contribution in [3.8, 4) is 0 Å². The second kappa shape index (κ2) is 6.74. The van der Waals surface area contributed by atoms with Crippen LogP contribution in [-0.4, -0.2) is 16.9 Å². The predicted molar refractivity (Wildman–Crippen MR) is 85.0 cm³/mol.